The molecule has 0 aliphatic rings. The molecule has 6 aromatic carbocycles. The predicted molar refractivity (Wildman–Crippen MR) is 238 cm³/mol. The first kappa shape index (κ1) is 45.0. The minimum atomic E-state index is -0.576. The van der Waals surface area contributed by atoms with Crippen molar-refractivity contribution in [1.82, 2.24) is 0 Å². The standard InChI is InChI=1S/C32H39FO3.C21H17FO2/c1-3-5-7-8-9-11-23-35-29-20-18-27(19-21-29)26-14-16-28(17-15-26)32(34)36-31-22-13-25(24-30(31)33)12-10-6-4-2;1-14-3-6-16(7-4-14)17-8-10-18(11-9-17)21(23)24-20-12-5-15(2)13-19(20)22/h13-22,24H,3-12,23H2,1-2H3;3-13H,1-2H3. The highest BCUT2D eigenvalue weighted by Crippen LogP contribution is 2.26. The molecule has 7 heteroatoms. The van der Waals surface area contributed by atoms with E-state index in [4.69, 9.17) is 14.2 Å². The Labute approximate surface area is 354 Å². The maximum absolute atomic E-state index is 14.4. The summed E-state index contributed by atoms with van der Waals surface area (Å²) >= 11 is 0. The Morgan fingerprint density at radius 3 is 1.42 bits per heavy atom. The first-order valence-electron chi connectivity index (χ1n) is 21.1. The van der Waals surface area contributed by atoms with Crippen LogP contribution in [0.3, 0.4) is 0 Å². The lowest BCUT2D eigenvalue weighted by Gasteiger charge is -2.09. The zero-order valence-electron chi connectivity index (χ0n) is 35.3. The summed E-state index contributed by atoms with van der Waals surface area (Å²) in [4.78, 5) is 24.7. The van der Waals surface area contributed by atoms with Crippen LogP contribution in [-0.2, 0) is 6.42 Å². The van der Waals surface area contributed by atoms with Gasteiger partial charge in [-0.05, 0) is 127 Å². The van der Waals surface area contributed by atoms with Crippen molar-refractivity contribution in [2.75, 3.05) is 6.61 Å². The highest BCUT2D eigenvalue weighted by Gasteiger charge is 2.14. The number of carbonyl (C=O) groups is 2. The average molecular weight is 811 g/mol. The molecule has 0 aliphatic heterocycles. The number of hydrogen-bond acceptors (Lipinski definition) is 5. The van der Waals surface area contributed by atoms with Crippen LogP contribution in [-0.4, -0.2) is 18.5 Å². The summed E-state index contributed by atoms with van der Waals surface area (Å²) in [5.41, 5.74) is 7.74. The van der Waals surface area contributed by atoms with Gasteiger partial charge in [-0.15, -0.1) is 0 Å². The number of hydrogen-bond donors (Lipinski definition) is 0. The van der Waals surface area contributed by atoms with Crippen LogP contribution >= 0.6 is 0 Å². The fourth-order valence-electron chi connectivity index (χ4n) is 6.53. The van der Waals surface area contributed by atoms with Crippen LogP contribution in [0.2, 0.25) is 0 Å². The third-order valence-electron chi connectivity index (χ3n) is 10.1. The van der Waals surface area contributed by atoms with Gasteiger partial charge in [0.25, 0.3) is 0 Å². The van der Waals surface area contributed by atoms with E-state index in [9.17, 15) is 18.4 Å². The molecular formula is C53H56F2O5. The average Bonchev–Trinajstić information content (AvgIpc) is 3.26. The minimum Gasteiger partial charge on any atom is -0.494 e. The summed E-state index contributed by atoms with van der Waals surface area (Å²) in [6, 6.07) is 39.7. The van der Waals surface area contributed by atoms with E-state index in [1.54, 1.807) is 43.3 Å². The van der Waals surface area contributed by atoms with E-state index >= 15 is 0 Å². The second-order valence-corrected chi connectivity index (χ2v) is 15.1. The quantitative estimate of drug-likeness (QED) is 0.0491. The molecule has 0 radical (unpaired) electrons. The molecule has 0 aliphatic carbocycles. The highest BCUT2D eigenvalue weighted by molar-refractivity contribution is 5.92. The molecule has 0 fully saturated rings. The lowest BCUT2D eigenvalue weighted by atomic mass is 10.0. The molecular weight excluding hydrogens is 755 g/mol. The van der Waals surface area contributed by atoms with Crippen molar-refractivity contribution < 1.29 is 32.6 Å². The molecule has 6 aromatic rings. The maximum atomic E-state index is 14.4. The molecule has 60 heavy (non-hydrogen) atoms. The Balaban J connectivity index is 0.000000246. The summed E-state index contributed by atoms with van der Waals surface area (Å²) in [7, 11) is 0. The summed E-state index contributed by atoms with van der Waals surface area (Å²) in [6.07, 6.45) is 11.6. The third kappa shape index (κ3) is 14.0. The van der Waals surface area contributed by atoms with Gasteiger partial charge in [0.1, 0.15) is 5.75 Å². The van der Waals surface area contributed by atoms with E-state index < -0.39 is 23.6 Å². The summed E-state index contributed by atoms with van der Waals surface area (Å²) in [6.45, 7) is 8.92. The topological polar surface area (TPSA) is 61.8 Å². The van der Waals surface area contributed by atoms with Gasteiger partial charge < -0.3 is 14.2 Å². The maximum Gasteiger partial charge on any atom is 0.343 e. The molecule has 0 amide bonds. The van der Waals surface area contributed by atoms with Crippen LogP contribution in [0.25, 0.3) is 22.3 Å². The lowest BCUT2D eigenvalue weighted by molar-refractivity contribution is 0.0718. The van der Waals surface area contributed by atoms with Gasteiger partial charge in [0, 0.05) is 0 Å². The Morgan fingerprint density at radius 2 is 0.900 bits per heavy atom. The Hall–Kier alpha value is -6.08. The normalized spacial score (nSPS) is 10.7. The Kier molecular flexibility index (Phi) is 17.6. The molecule has 0 aromatic heterocycles. The molecule has 0 bridgehead atoms. The Bertz CT molecular complexity index is 2250. The van der Waals surface area contributed by atoms with Crippen molar-refractivity contribution in [2.45, 2.75) is 91.9 Å². The van der Waals surface area contributed by atoms with Gasteiger partial charge in [0.2, 0.25) is 0 Å². The van der Waals surface area contributed by atoms with Crippen molar-refractivity contribution in [3.05, 3.63) is 173 Å². The van der Waals surface area contributed by atoms with Gasteiger partial charge in [-0.25, -0.2) is 18.4 Å². The van der Waals surface area contributed by atoms with Gasteiger partial charge in [0.15, 0.2) is 23.1 Å². The number of aryl methyl sites for hydroxylation is 3. The van der Waals surface area contributed by atoms with E-state index in [0.29, 0.717) is 11.1 Å². The molecule has 0 atom stereocenters. The van der Waals surface area contributed by atoms with Gasteiger partial charge in [-0.3, -0.25) is 0 Å². The van der Waals surface area contributed by atoms with Crippen LogP contribution in [0.4, 0.5) is 8.78 Å². The zero-order valence-corrected chi connectivity index (χ0v) is 35.3. The summed E-state index contributed by atoms with van der Waals surface area (Å²) < 4.78 is 44.5. The number of halogens is 2. The third-order valence-corrected chi connectivity index (χ3v) is 10.1. The second kappa shape index (κ2) is 23.5. The largest absolute Gasteiger partial charge is 0.494 e. The SMILES string of the molecule is CCCCCCCCOc1ccc(-c2ccc(C(=O)Oc3ccc(CCCCC)cc3F)cc2)cc1.Cc1ccc(-c2ccc(C(=O)Oc3ccc(C)cc3F)cc2)cc1. The number of ether oxygens (including phenoxy) is 3. The van der Waals surface area contributed by atoms with E-state index in [0.717, 1.165) is 77.8 Å². The van der Waals surface area contributed by atoms with Crippen LogP contribution in [0.15, 0.2) is 133 Å². The van der Waals surface area contributed by atoms with Crippen molar-refractivity contribution in [3.8, 4) is 39.5 Å². The summed E-state index contributed by atoms with van der Waals surface area (Å²) in [5, 5.41) is 0. The smallest absolute Gasteiger partial charge is 0.343 e. The van der Waals surface area contributed by atoms with Crippen LogP contribution in [0, 0.1) is 25.5 Å². The van der Waals surface area contributed by atoms with E-state index in [2.05, 4.69) is 13.8 Å². The highest BCUT2D eigenvalue weighted by atomic mass is 19.1. The van der Waals surface area contributed by atoms with E-state index in [-0.39, 0.29) is 11.5 Å². The summed E-state index contributed by atoms with van der Waals surface area (Å²) in [5.74, 6) is -1.43. The number of carbonyl (C=O) groups excluding carboxylic acids is 2. The molecule has 0 saturated carbocycles. The number of unbranched alkanes of at least 4 members (excludes halogenated alkanes) is 7. The van der Waals surface area contributed by atoms with Crippen LogP contribution in [0.5, 0.6) is 17.2 Å². The fourth-order valence-corrected chi connectivity index (χ4v) is 6.53. The van der Waals surface area contributed by atoms with Crippen molar-refractivity contribution in [3.63, 3.8) is 0 Å². The second-order valence-electron chi connectivity index (χ2n) is 15.1. The molecule has 0 heterocycles. The first-order chi connectivity index (χ1) is 29.1. The lowest BCUT2D eigenvalue weighted by Crippen LogP contribution is -2.09. The van der Waals surface area contributed by atoms with E-state index in [1.165, 1.54) is 55.9 Å². The number of rotatable bonds is 18. The molecule has 5 nitrogen and oxygen atoms in total. The van der Waals surface area contributed by atoms with Crippen LogP contribution < -0.4 is 14.2 Å². The number of esters is 2. The predicted octanol–water partition coefficient (Wildman–Crippen LogP) is 14.5. The molecule has 0 spiro atoms. The van der Waals surface area contributed by atoms with Crippen LogP contribution in [0.1, 0.15) is 109 Å². The first-order valence-corrected chi connectivity index (χ1v) is 21.1. The monoisotopic (exact) mass is 810 g/mol. The van der Waals surface area contributed by atoms with Gasteiger partial charge >= 0.3 is 11.9 Å². The molecule has 6 rings (SSSR count). The van der Waals surface area contributed by atoms with E-state index in [1.807, 2.05) is 85.8 Å². The van der Waals surface area contributed by atoms with Crippen molar-refractivity contribution >= 4 is 11.9 Å². The molecule has 0 unspecified atom stereocenters. The zero-order chi connectivity index (χ0) is 42.7. The molecule has 0 N–H and O–H groups in total. The van der Waals surface area contributed by atoms with Gasteiger partial charge in [-0.1, -0.05) is 137 Å². The van der Waals surface area contributed by atoms with Crippen molar-refractivity contribution in [2.24, 2.45) is 0 Å². The molecule has 0 saturated heterocycles. The number of benzene rings is 6. The van der Waals surface area contributed by atoms with Gasteiger partial charge in [-0.2, -0.15) is 0 Å². The molecule has 312 valence electrons. The van der Waals surface area contributed by atoms with Gasteiger partial charge in [0.05, 0.1) is 17.7 Å². The van der Waals surface area contributed by atoms with Crippen molar-refractivity contribution in [1.29, 1.82) is 0 Å². The fraction of sp³-hybridized carbons (Fsp3) is 0.283. The Morgan fingerprint density at radius 1 is 0.467 bits per heavy atom. The minimum absolute atomic E-state index is 0.0418.